The van der Waals surface area contributed by atoms with Crippen LogP contribution in [-0.2, 0) is 31.1 Å². The molecule has 0 spiro atoms. The molecule has 3 aromatic heterocycles. The number of nitrogens with zero attached hydrogens (tertiary/aromatic N) is 5. The first-order valence-electron chi connectivity index (χ1n) is 11.8. The summed E-state index contributed by atoms with van der Waals surface area (Å²) in [4.78, 5) is 64.4. The van der Waals surface area contributed by atoms with E-state index in [0.29, 0.717) is 17.1 Å². The van der Waals surface area contributed by atoms with Crippen LogP contribution in [0, 0.1) is 0 Å². The lowest BCUT2D eigenvalue weighted by atomic mass is 10.0. The number of carbonyl (C=O) groups excluding carboxylic acids is 2. The van der Waals surface area contributed by atoms with Gasteiger partial charge in [0.1, 0.15) is 27.5 Å². The molecule has 0 aromatic carbocycles. The summed E-state index contributed by atoms with van der Waals surface area (Å²) in [6, 6.07) is 2.84. The lowest BCUT2D eigenvalue weighted by Crippen LogP contribution is -2.71. The molecule has 5 N–H and O–H groups in total. The van der Waals surface area contributed by atoms with Crippen LogP contribution in [-0.4, -0.2) is 83.6 Å². The second-order valence-electron chi connectivity index (χ2n) is 8.79. The predicted octanol–water partition coefficient (Wildman–Crippen LogP) is 0.884. The number of hydrogen-bond donors (Lipinski definition) is 4. The minimum absolute atomic E-state index is 0.0383. The molecule has 1 fully saturated rings. The standard InChI is InChI=1S/C23H21N7O7S4/c1-9(20(33)34)37-28-13(11-8-39-22(24)25-11)17(31)26-14-18(32)30-15(21(35)36)10(6-38-19(14)30)7-40-23-27-16-12(41-23)4-3-5-29(16)2/h3-5,8-9,14,19H,6-7H2,1-2H3,(H4-,24,25,26,31,33,34,35,36)/p+1/t9-,14?,19-/m0/s1. The van der Waals surface area contributed by atoms with Gasteiger partial charge in [0.15, 0.2) is 10.8 Å². The Balaban J connectivity index is 1.31. The summed E-state index contributed by atoms with van der Waals surface area (Å²) < 4.78 is 3.69. The Hall–Kier alpha value is -3.74. The third kappa shape index (κ3) is 5.72. The van der Waals surface area contributed by atoms with E-state index in [2.05, 4.69) is 20.4 Å². The topological polar surface area (TPSA) is 201 Å². The monoisotopic (exact) mass is 636 g/mol. The number of pyridine rings is 1. The van der Waals surface area contributed by atoms with Crippen molar-refractivity contribution in [2.75, 3.05) is 17.2 Å². The number of nitrogens with one attached hydrogen (secondary N) is 1. The van der Waals surface area contributed by atoms with E-state index in [1.54, 1.807) is 0 Å². The average molecular weight is 637 g/mol. The number of thioether (sulfide) groups is 2. The van der Waals surface area contributed by atoms with Crippen LogP contribution in [0.5, 0.6) is 0 Å². The van der Waals surface area contributed by atoms with E-state index < -0.39 is 41.3 Å². The summed E-state index contributed by atoms with van der Waals surface area (Å²) in [5.41, 5.74) is 6.63. The van der Waals surface area contributed by atoms with Crippen molar-refractivity contribution < 1.29 is 38.8 Å². The molecule has 14 nitrogen and oxygen atoms in total. The van der Waals surface area contributed by atoms with Crippen LogP contribution in [0.25, 0.3) is 10.3 Å². The van der Waals surface area contributed by atoms with E-state index in [1.807, 2.05) is 29.9 Å². The number of fused-ring (bicyclic) bond motifs is 2. The zero-order valence-electron chi connectivity index (χ0n) is 21.3. The average Bonchev–Trinajstić information content (AvgIpc) is 3.56. The number of carboxylic acids is 2. The number of carboxylic acid groups (broad SMARTS) is 2. The zero-order chi connectivity index (χ0) is 29.4. The largest absolute Gasteiger partial charge is 0.478 e. The van der Waals surface area contributed by atoms with Crippen LogP contribution in [0.3, 0.4) is 0 Å². The maximum atomic E-state index is 13.1. The summed E-state index contributed by atoms with van der Waals surface area (Å²) in [7, 11) is 1.90. The quantitative estimate of drug-likeness (QED) is 0.0806. The van der Waals surface area contributed by atoms with Crippen molar-refractivity contribution in [1.82, 2.24) is 20.2 Å². The number of aromatic nitrogens is 3. The molecule has 3 aromatic rings. The van der Waals surface area contributed by atoms with Crippen LogP contribution >= 0.6 is 46.2 Å². The first-order chi connectivity index (χ1) is 19.5. The molecule has 41 heavy (non-hydrogen) atoms. The molecular formula is C23H22N7O7S4+. The van der Waals surface area contributed by atoms with Gasteiger partial charge in [-0.2, -0.15) is 0 Å². The molecule has 5 heterocycles. The smallest absolute Gasteiger partial charge is 0.352 e. The fraction of sp³-hybridized carbons (Fsp3) is 0.304. The predicted molar refractivity (Wildman–Crippen MR) is 152 cm³/mol. The number of amides is 2. The highest BCUT2D eigenvalue weighted by Crippen LogP contribution is 2.42. The molecule has 18 heteroatoms. The van der Waals surface area contributed by atoms with E-state index in [4.69, 9.17) is 15.7 Å². The molecule has 1 unspecified atom stereocenters. The van der Waals surface area contributed by atoms with E-state index >= 15 is 0 Å². The number of nitrogen functional groups attached to an aromatic ring is 1. The highest BCUT2D eigenvalue weighted by molar-refractivity contribution is 8.02. The Kier molecular flexibility index (Phi) is 8.16. The van der Waals surface area contributed by atoms with E-state index in [9.17, 15) is 24.3 Å². The molecule has 0 saturated carbocycles. The van der Waals surface area contributed by atoms with Crippen molar-refractivity contribution in [3.05, 3.63) is 40.7 Å². The number of aryl methyl sites for hydroxylation is 1. The molecule has 0 bridgehead atoms. The number of aliphatic carboxylic acids is 2. The van der Waals surface area contributed by atoms with Crippen molar-refractivity contribution >= 4 is 91.1 Å². The molecule has 1 saturated heterocycles. The highest BCUT2D eigenvalue weighted by atomic mass is 32.2. The Labute approximate surface area is 248 Å². The first kappa shape index (κ1) is 28.8. The Morgan fingerprint density at radius 2 is 2.15 bits per heavy atom. The van der Waals surface area contributed by atoms with Crippen molar-refractivity contribution in [3.8, 4) is 0 Å². The second-order valence-corrected chi connectivity index (χ2v) is 13.0. The molecule has 5 rings (SSSR count). The van der Waals surface area contributed by atoms with Gasteiger partial charge in [-0.05, 0) is 29.6 Å². The summed E-state index contributed by atoms with van der Waals surface area (Å²) in [5, 5.41) is 26.2. The second kappa shape index (κ2) is 11.6. The van der Waals surface area contributed by atoms with Gasteiger partial charge in [-0.3, -0.25) is 14.5 Å². The van der Waals surface area contributed by atoms with Crippen molar-refractivity contribution in [2.45, 2.75) is 28.8 Å². The number of carbonyl (C=O) groups is 4. The normalized spacial score (nSPS) is 19.5. The van der Waals surface area contributed by atoms with Crippen LogP contribution in [0.15, 0.2) is 44.5 Å². The first-order valence-corrected chi connectivity index (χ1v) is 15.5. The third-order valence-corrected chi connectivity index (χ3v) is 10.3. The molecule has 2 amide bonds. The number of nitrogens with two attached hydrogens (primary N) is 1. The van der Waals surface area contributed by atoms with Crippen LogP contribution < -0.4 is 15.6 Å². The molecule has 2 aliphatic rings. The lowest BCUT2D eigenvalue weighted by molar-refractivity contribution is -0.646. The number of anilines is 1. The fourth-order valence-electron chi connectivity index (χ4n) is 3.99. The van der Waals surface area contributed by atoms with E-state index in [1.165, 1.54) is 52.1 Å². The maximum absolute atomic E-state index is 13.1. The van der Waals surface area contributed by atoms with E-state index in [-0.39, 0.29) is 22.2 Å². The highest BCUT2D eigenvalue weighted by Gasteiger charge is 2.54. The van der Waals surface area contributed by atoms with Crippen molar-refractivity contribution in [1.29, 1.82) is 0 Å². The van der Waals surface area contributed by atoms with Gasteiger partial charge in [-0.25, -0.2) is 19.1 Å². The van der Waals surface area contributed by atoms with Gasteiger partial charge in [0, 0.05) is 16.9 Å². The third-order valence-electron chi connectivity index (χ3n) is 6.04. The van der Waals surface area contributed by atoms with Gasteiger partial charge >= 0.3 is 17.6 Å². The number of oxime groups is 1. The summed E-state index contributed by atoms with van der Waals surface area (Å²) in [6.45, 7) is 1.23. The number of rotatable bonds is 10. The number of thiazole rings is 2. The fourth-order valence-corrected chi connectivity index (χ4v) is 8.13. The van der Waals surface area contributed by atoms with Gasteiger partial charge in [0.2, 0.25) is 6.10 Å². The Morgan fingerprint density at radius 1 is 1.37 bits per heavy atom. The SMILES string of the molecule is C[C@H](ON=C(C(=O)NC1C(=O)N2C(C(=O)O)=C(CSc3nc4c(ccc[n+]4C)s3)CS[C@@H]12)c1csc(N)n1)C(=O)O. The van der Waals surface area contributed by atoms with Crippen LogP contribution in [0.2, 0.25) is 0 Å². The molecule has 0 aliphatic carbocycles. The molecule has 2 aliphatic heterocycles. The zero-order valence-corrected chi connectivity index (χ0v) is 24.6. The van der Waals surface area contributed by atoms with Crippen molar-refractivity contribution in [2.24, 2.45) is 12.2 Å². The summed E-state index contributed by atoms with van der Waals surface area (Å²) >= 11 is 5.26. The van der Waals surface area contributed by atoms with E-state index in [0.717, 1.165) is 26.0 Å². The Morgan fingerprint density at radius 3 is 2.80 bits per heavy atom. The summed E-state index contributed by atoms with van der Waals surface area (Å²) in [5.74, 6) is -3.33. The number of hydrogen-bond acceptors (Lipinski definition) is 13. The summed E-state index contributed by atoms with van der Waals surface area (Å²) in [6.07, 6.45) is 0.545. The van der Waals surface area contributed by atoms with Crippen molar-refractivity contribution in [3.63, 3.8) is 0 Å². The van der Waals surface area contributed by atoms with Gasteiger partial charge in [0.05, 0.1) is 13.2 Å². The van der Waals surface area contributed by atoms with Gasteiger partial charge in [-0.1, -0.05) is 28.3 Å². The molecular weight excluding hydrogens is 615 g/mol. The Bertz CT molecular complexity index is 1630. The minimum Gasteiger partial charge on any atom is -0.478 e. The van der Waals surface area contributed by atoms with Gasteiger partial charge in [-0.15, -0.1) is 23.1 Å². The molecule has 214 valence electrons. The molecule has 3 atom stereocenters. The van der Waals surface area contributed by atoms with Gasteiger partial charge in [0.25, 0.3) is 16.2 Å². The molecule has 0 radical (unpaired) electrons. The number of β-lactam (4-membered cyclic amide) rings is 1. The van der Waals surface area contributed by atoms with Gasteiger partial charge < -0.3 is 26.1 Å². The lowest BCUT2D eigenvalue weighted by Gasteiger charge is -2.49. The minimum atomic E-state index is -1.35. The van der Waals surface area contributed by atoms with Crippen LogP contribution in [0.4, 0.5) is 5.13 Å². The maximum Gasteiger partial charge on any atom is 0.352 e. The van der Waals surface area contributed by atoms with Crippen LogP contribution in [0.1, 0.15) is 12.6 Å².